The Balaban J connectivity index is 1.54. The minimum absolute atomic E-state index is 0.120. The second-order valence-corrected chi connectivity index (χ2v) is 3.46. The van der Waals surface area contributed by atoms with Crippen molar-refractivity contribution in [3.63, 3.8) is 0 Å². The summed E-state index contributed by atoms with van der Waals surface area (Å²) in [7, 11) is 0. The quantitative estimate of drug-likeness (QED) is 0.463. The molecule has 0 N–H and O–H groups in total. The maximum atomic E-state index is 11.1. The lowest BCUT2D eigenvalue weighted by Gasteiger charge is -1.99. The van der Waals surface area contributed by atoms with Gasteiger partial charge in [0, 0.05) is 0 Å². The number of carbonyl (C=O) groups excluding carboxylic acids is 1. The third kappa shape index (κ3) is 2.67. The normalized spacial score (nSPS) is 35.6. The molecule has 2 heterocycles. The van der Waals surface area contributed by atoms with Crippen molar-refractivity contribution in [3.8, 4) is 0 Å². The average Bonchev–Trinajstić information content (AvgIpc) is 2.96. The molecule has 4 heteroatoms. The molecule has 0 amide bonds. The van der Waals surface area contributed by atoms with Crippen LogP contribution >= 0.6 is 0 Å². The van der Waals surface area contributed by atoms with Gasteiger partial charge in [0.15, 0.2) is 0 Å². The zero-order valence-corrected chi connectivity index (χ0v) is 7.69. The van der Waals surface area contributed by atoms with E-state index in [9.17, 15) is 4.79 Å². The number of ether oxygens (including phenoxy) is 3. The van der Waals surface area contributed by atoms with Crippen molar-refractivity contribution in [1.29, 1.82) is 0 Å². The lowest BCUT2D eigenvalue weighted by Crippen LogP contribution is -2.12. The van der Waals surface area contributed by atoms with Crippen LogP contribution in [0.2, 0.25) is 0 Å². The van der Waals surface area contributed by atoms with E-state index >= 15 is 0 Å². The largest absolute Gasteiger partial charge is 0.463 e. The fraction of sp³-hybridized carbons (Fsp3) is 0.889. The van der Waals surface area contributed by atoms with E-state index in [1.807, 2.05) is 0 Å². The lowest BCUT2D eigenvalue weighted by atomic mass is 10.3. The summed E-state index contributed by atoms with van der Waals surface area (Å²) in [5.41, 5.74) is 0. The SMILES string of the molecule is CCC1OC1COC(=O)CC1CO1. The van der Waals surface area contributed by atoms with Crippen LogP contribution in [-0.4, -0.2) is 37.5 Å². The Kier molecular flexibility index (Phi) is 2.51. The van der Waals surface area contributed by atoms with Crippen LogP contribution < -0.4 is 0 Å². The molecule has 0 radical (unpaired) electrons. The summed E-state index contributed by atoms with van der Waals surface area (Å²) in [6, 6.07) is 0. The fourth-order valence-corrected chi connectivity index (χ4v) is 1.29. The molecular weight excluding hydrogens is 172 g/mol. The number of hydrogen-bond acceptors (Lipinski definition) is 4. The van der Waals surface area contributed by atoms with Gasteiger partial charge < -0.3 is 14.2 Å². The summed E-state index contributed by atoms with van der Waals surface area (Å²) in [5.74, 6) is -0.173. The molecule has 3 atom stereocenters. The van der Waals surface area contributed by atoms with Gasteiger partial charge in [-0.2, -0.15) is 0 Å². The fourth-order valence-electron chi connectivity index (χ4n) is 1.29. The van der Waals surface area contributed by atoms with E-state index in [1.165, 1.54) is 0 Å². The highest BCUT2D eigenvalue weighted by molar-refractivity contribution is 5.70. The predicted molar refractivity (Wildman–Crippen MR) is 44.3 cm³/mol. The van der Waals surface area contributed by atoms with E-state index in [1.54, 1.807) is 0 Å². The van der Waals surface area contributed by atoms with Gasteiger partial charge in [0.25, 0.3) is 0 Å². The molecule has 74 valence electrons. The Morgan fingerprint density at radius 2 is 2.31 bits per heavy atom. The van der Waals surface area contributed by atoms with Crippen molar-refractivity contribution in [2.24, 2.45) is 0 Å². The molecule has 2 aliphatic rings. The minimum atomic E-state index is -0.173. The maximum absolute atomic E-state index is 11.1. The second-order valence-electron chi connectivity index (χ2n) is 3.46. The summed E-state index contributed by atoms with van der Waals surface area (Å²) in [4.78, 5) is 11.1. The molecule has 4 nitrogen and oxygen atoms in total. The Bertz CT molecular complexity index is 200. The molecule has 2 fully saturated rings. The smallest absolute Gasteiger partial charge is 0.308 e. The predicted octanol–water partition coefficient (Wildman–Crippen LogP) is 0.496. The molecule has 2 aliphatic heterocycles. The Morgan fingerprint density at radius 3 is 2.85 bits per heavy atom. The number of hydrogen-bond donors (Lipinski definition) is 0. The molecule has 2 saturated heterocycles. The standard InChI is InChI=1S/C9H14O4/c1-2-7-8(13-7)5-12-9(10)3-6-4-11-6/h6-8H,2-5H2,1H3. The summed E-state index contributed by atoms with van der Waals surface area (Å²) in [6.07, 6.45) is 1.96. The summed E-state index contributed by atoms with van der Waals surface area (Å²) >= 11 is 0. The Labute approximate surface area is 77.1 Å². The van der Waals surface area contributed by atoms with Crippen molar-refractivity contribution in [2.45, 2.75) is 38.1 Å². The zero-order valence-electron chi connectivity index (χ0n) is 7.69. The number of rotatable bonds is 5. The zero-order chi connectivity index (χ0) is 9.26. The van der Waals surface area contributed by atoms with E-state index < -0.39 is 0 Å². The van der Waals surface area contributed by atoms with Crippen LogP contribution in [0.4, 0.5) is 0 Å². The maximum Gasteiger partial charge on any atom is 0.308 e. The van der Waals surface area contributed by atoms with Crippen LogP contribution in [0.5, 0.6) is 0 Å². The van der Waals surface area contributed by atoms with Crippen molar-refractivity contribution >= 4 is 5.97 Å². The van der Waals surface area contributed by atoms with Gasteiger partial charge >= 0.3 is 5.97 Å². The molecule has 2 rings (SSSR count). The molecular formula is C9H14O4. The first kappa shape index (κ1) is 8.97. The molecule has 3 unspecified atom stereocenters. The van der Waals surface area contributed by atoms with Crippen molar-refractivity contribution in [2.75, 3.05) is 13.2 Å². The molecule has 0 aromatic rings. The Hall–Kier alpha value is -0.610. The van der Waals surface area contributed by atoms with Crippen molar-refractivity contribution in [3.05, 3.63) is 0 Å². The van der Waals surface area contributed by atoms with Crippen LogP contribution in [0.1, 0.15) is 19.8 Å². The highest BCUT2D eigenvalue weighted by Crippen LogP contribution is 2.25. The van der Waals surface area contributed by atoms with Gasteiger partial charge in [-0.15, -0.1) is 0 Å². The van der Waals surface area contributed by atoms with Gasteiger partial charge in [-0.25, -0.2) is 0 Å². The van der Waals surface area contributed by atoms with E-state index in [0.717, 1.165) is 6.42 Å². The topological polar surface area (TPSA) is 51.4 Å². The van der Waals surface area contributed by atoms with Crippen molar-refractivity contribution < 1.29 is 19.0 Å². The van der Waals surface area contributed by atoms with Crippen LogP contribution in [0.25, 0.3) is 0 Å². The van der Waals surface area contributed by atoms with Crippen LogP contribution in [-0.2, 0) is 19.0 Å². The Morgan fingerprint density at radius 1 is 1.54 bits per heavy atom. The van der Waals surface area contributed by atoms with Crippen LogP contribution in [0.15, 0.2) is 0 Å². The monoisotopic (exact) mass is 186 g/mol. The van der Waals surface area contributed by atoms with Gasteiger partial charge in [-0.05, 0) is 6.42 Å². The summed E-state index contributed by atoms with van der Waals surface area (Å²) in [6.45, 7) is 3.17. The van der Waals surface area contributed by atoms with E-state index in [0.29, 0.717) is 25.7 Å². The summed E-state index contributed by atoms with van der Waals surface area (Å²) in [5, 5.41) is 0. The first-order valence-electron chi connectivity index (χ1n) is 4.72. The van der Waals surface area contributed by atoms with Gasteiger partial charge in [0.1, 0.15) is 12.7 Å². The van der Waals surface area contributed by atoms with E-state index in [2.05, 4.69) is 6.92 Å². The van der Waals surface area contributed by atoms with Gasteiger partial charge in [0.2, 0.25) is 0 Å². The summed E-state index contributed by atoms with van der Waals surface area (Å²) < 4.78 is 15.1. The van der Waals surface area contributed by atoms with Crippen LogP contribution in [0.3, 0.4) is 0 Å². The van der Waals surface area contributed by atoms with E-state index in [-0.39, 0.29) is 18.2 Å². The molecule has 0 aromatic carbocycles. The first-order chi connectivity index (χ1) is 6.29. The molecule has 0 aromatic heterocycles. The third-order valence-electron chi connectivity index (χ3n) is 2.30. The van der Waals surface area contributed by atoms with Gasteiger partial charge in [0.05, 0.1) is 25.2 Å². The molecule has 0 bridgehead atoms. The first-order valence-corrected chi connectivity index (χ1v) is 4.72. The third-order valence-corrected chi connectivity index (χ3v) is 2.30. The number of esters is 1. The highest BCUT2D eigenvalue weighted by Gasteiger charge is 2.38. The molecule has 0 aliphatic carbocycles. The van der Waals surface area contributed by atoms with Crippen LogP contribution in [0, 0.1) is 0 Å². The van der Waals surface area contributed by atoms with Gasteiger partial charge in [-0.1, -0.05) is 6.92 Å². The lowest BCUT2D eigenvalue weighted by molar-refractivity contribution is -0.144. The molecule has 0 saturated carbocycles. The molecule has 13 heavy (non-hydrogen) atoms. The highest BCUT2D eigenvalue weighted by atomic mass is 16.6. The average molecular weight is 186 g/mol. The van der Waals surface area contributed by atoms with Gasteiger partial charge in [-0.3, -0.25) is 4.79 Å². The minimum Gasteiger partial charge on any atom is -0.463 e. The molecule has 0 spiro atoms. The second kappa shape index (κ2) is 3.64. The number of epoxide rings is 2. The number of carbonyl (C=O) groups is 1. The van der Waals surface area contributed by atoms with Crippen molar-refractivity contribution in [1.82, 2.24) is 0 Å². The van der Waals surface area contributed by atoms with E-state index in [4.69, 9.17) is 14.2 Å².